The molecule has 0 radical (unpaired) electrons. The maximum atomic E-state index is 11.4. The van der Waals surface area contributed by atoms with E-state index in [1.807, 2.05) is 13.1 Å². The van der Waals surface area contributed by atoms with Crippen LogP contribution in [0.2, 0.25) is 0 Å². The first-order valence-electron chi connectivity index (χ1n) is 6.62. The molecule has 0 atom stereocenters. The summed E-state index contributed by atoms with van der Waals surface area (Å²) in [5, 5.41) is 9.37. The largest absolute Gasteiger partial charge is 0.481 e. The Hall–Kier alpha value is -1.52. The molecule has 0 spiro atoms. The minimum Gasteiger partial charge on any atom is -0.481 e. The topological polar surface area (TPSA) is 58.4 Å². The lowest BCUT2D eigenvalue weighted by atomic mass is 9.76. The molecule has 0 unspecified atom stereocenters. The molecule has 2 heterocycles. The van der Waals surface area contributed by atoms with E-state index in [4.69, 9.17) is 0 Å². The van der Waals surface area contributed by atoms with Crippen molar-refractivity contribution >= 4 is 11.9 Å². The number of nitrogens with zero attached hydrogens (tertiary/aromatic N) is 3. The van der Waals surface area contributed by atoms with Gasteiger partial charge >= 0.3 is 5.97 Å². The Balaban J connectivity index is 2.09. The van der Waals surface area contributed by atoms with E-state index in [1.54, 1.807) is 6.20 Å². The summed E-state index contributed by atoms with van der Waals surface area (Å²) in [6, 6.07) is 0. The van der Waals surface area contributed by atoms with E-state index in [2.05, 4.69) is 21.4 Å². The van der Waals surface area contributed by atoms with Crippen molar-refractivity contribution in [3.63, 3.8) is 0 Å². The fourth-order valence-corrected chi connectivity index (χ4v) is 2.68. The summed E-state index contributed by atoms with van der Waals surface area (Å²) < 4.78 is 2.10. The Bertz CT molecular complexity index is 420. The van der Waals surface area contributed by atoms with Crippen LogP contribution in [0.4, 0.5) is 5.95 Å². The van der Waals surface area contributed by atoms with Crippen LogP contribution in [-0.4, -0.2) is 33.7 Å². The second kappa shape index (κ2) is 5.00. The van der Waals surface area contributed by atoms with Gasteiger partial charge in [-0.2, -0.15) is 0 Å². The van der Waals surface area contributed by atoms with Crippen molar-refractivity contribution < 1.29 is 9.90 Å². The minimum absolute atomic E-state index is 0.528. The molecule has 0 amide bonds. The lowest BCUT2D eigenvalue weighted by Crippen LogP contribution is -2.45. The fourth-order valence-electron chi connectivity index (χ4n) is 2.68. The van der Waals surface area contributed by atoms with Gasteiger partial charge in [-0.1, -0.05) is 6.92 Å². The molecule has 5 nitrogen and oxygen atoms in total. The lowest BCUT2D eigenvalue weighted by Gasteiger charge is -2.38. The molecule has 2 rings (SSSR count). The standard InChI is InChI=1S/C13H21N3O2/c1-3-13(11(17)18)5-8-16(9-6-13)12-14-7-10-15(12)4-2/h7,10H,3-6,8-9H2,1-2H3,(H,17,18). The van der Waals surface area contributed by atoms with E-state index in [9.17, 15) is 9.90 Å². The Morgan fingerprint density at radius 3 is 2.61 bits per heavy atom. The summed E-state index contributed by atoms with van der Waals surface area (Å²) in [7, 11) is 0. The van der Waals surface area contributed by atoms with Crippen LogP contribution in [0.15, 0.2) is 12.4 Å². The van der Waals surface area contributed by atoms with Crippen molar-refractivity contribution in [3.8, 4) is 0 Å². The second-order valence-corrected chi connectivity index (χ2v) is 4.94. The van der Waals surface area contributed by atoms with Crippen molar-refractivity contribution in [2.24, 2.45) is 5.41 Å². The van der Waals surface area contributed by atoms with Gasteiger partial charge in [-0.15, -0.1) is 0 Å². The van der Waals surface area contributed by atoms with Crippen LogP contribution < -0.4 is 4.90 Å². The molecule has 100 valence electrons. The number of aromatic nitrogens is 2. The second-order valence-electron chi connectivity index (χ2n) is 4.94. The van der Waals surface area contributed by atoms with Gasteiger partial charge in [0, 0.05) is 32.0 Å². The van der Waals surface area contributed by atoms with Crippen LogP contribution >= 0.6 is 0 Å². The fraction of sp³-hybridized carbons (Fsp3) is 0.692. The number of carboxylic acids is 1. The Morgan fingerprint density at radius 1 is 1.44 bits per heavy atom. The molecule has 1 fully saturated rings. The Morgan fingerprint density at radius 2 is 2.11 bits per heavy atom. The Labute approximate surface area is 107 Å². The smallest absolute Gasteiger partial charge is 0.309 e. The molecule has 1 aliphatic heterocycles. The van der Waals surface area contributed by atoms with Crippen molar-refractivity contribution in [2.75, 3.05) is 18.0 Å². The number of aliphatic carboxylic acids is 1. The average molecular weight is 251 g/mol. The number of hydrogen-bond donors (Lipinski definition) is 1. The van der Waals surface area contributed by atoms with Crippen molar-refractivity contribution in [1.82, 2.24) is 9.55 Å². The molecular weight excluding hydrogens is 230 g/mol. The number of anilines is 1. The summed E-state index contributed by atoms with van der Waals surface area (Å²) in [5.74, 6) is 0.316. The normalized spacial score (nSPS) is 18.9. The third kappa shape index (κ3) is 2.09. The molecule has 1 saturated heterocycles. The summed E-state index contributed by atoms with van der Waals surface area (Å²) in [5.41, 5.74) is -0.528. The molecule has 5 heteroatoms. The molecule has 1 N–H and O–H groups in total. The molecule has 0 saturated carbocycles. The number of carbonyl (C=O) groups is 1. The van der Waals surface area contributed by atoms with Crippen LogP contribution in [0.25, 0.3) is 0 Å². The van der Waals surface area contributed by atoms with Crippen LogP contribution in [0, 0.1) is 5.41 Å². The van der Waals surface area contributed by atoms with Gasteiger partial charge in [0.15, 0.2) is 0 Å². The molecule has 1 aliphatic rings. The van der Waals surface area contributed by atoms with Gasteiger partial charge < -0.3 is 14.6 Å². The van der Waals surface area contributed by atoms with Crippen LogP contribution in [0.3, 0.4) is 0 Å². The van der Waals surface area contributed by atoms with Gasteiger partial charge in [-0.3, -0.25) is 4.79 Å². The number of aryl methyl sites for hydroxylation is 1. The van der Waals surface area contributed by atoms with E-state index in [0.29, 0.717) is 19.3 Å². The van der Waals surface area contributed by atoms with E-state index >= 15 is 0 Å². The highest BCUT2D eigenvalue weighted by Crippen LogP contribution is 2.36. The zero-order valence-electron chi connectivity index (χ0n) is 11.1. The summed E-state index contributed by atoms with van der Waals surface area (Å²) in [6.07, 6.45) is 5.88. The molecule has 18 heavy (non-hydrogen) atoms. The number of rotatable bonds is 4. The van der Waals surface area contributed by atoms with E-state index in [-0.39, 0.29) is 0 Å². The number of imidazole rings is 1. The van der Waals surface area contributed by atoms with E-state index in [1.165, 1.54) is 0 Å². The highest BCUT2D eigenvalue weighted by Gasteiger charge is 2.40. The first kappa shape index (κ1) is 12.9. The first-order chi connectivity index (χ1) is 8.63. The quantitative estimate of drug-likeness (QED) is 0.889. The van der Waals surface area contributed by atoms with E-state index in [0.717, 1.165) is 25.6 Å². The third-order valence-corrected chi connectivity index (χ3v) is 4.17. The van der Waals surface area contributed by atoms with E-state index < -0.39 is 11.4 Å². The zero-order valence-corrected chi connectivity index (χ0v) is 11.1. The van der Waals surface area contributed by atoms with Gasteiger partial charge in [0.1, 0.15) is 0 Å². The Kier molecular flexibility index (Phi) is 3.59. The predicted molar refractivity (Wildman–Crippen MR) is 69.7 cm³/mol. The highest BCUT2D eigenvalue weighted by molar-refractivity contribution is 5.75. The summed E-state index contributed by atoms with van der Waals surface area (Å²) in [4.78, 5) is 17.9. The molecule has 0 bridgehead atoms. The SMILES string of the molecule is CCn1ccnc1N1CCC(CC)(C(=O)O)CC1. The molecule has 0 aromatic carbocycles. The van der Waals surface area contributed by atoms with Crippen LogP contribution in [0.1, 0.15) is 33.1 Å². The summed E-state index contributed by atoms with van der Waals surface area (Å²) >= 11 is 0. The molecule has 1 aromatic rings. The first-order valence-corrected chi connectivity index (χ1v) is 6.62. The monoisotopic (exact) mass is 251 g/mol. The van der Waals surface area contributed by atoms with Gasteiger partial charge in [0.2, 0.25) is 5.95 Å². The predicted octanol–water partition coefficient (Wildman–Crippen LogP) is 1.98. The number of piperidine rings is 1. The lowest BCUT2D eigenvalue weighted by molar-refractivity contribution is -0.150. The maximum absolute atomic E-state index is 11.4. The number of hydrogen-bond acceptors (Lipinski definition) is 3. The highest BCUT2D eigenvalue weighted by atomic mass is 16.4. The minimum atomic E-state index is -0.650. The van der Waals surface area contributed by atoms with Gasteiger partial charge in [0.05, 0.1) is 5.41 Å². The maximum Gasteiger partial charge on any atom is 0.309 e. The van der Waals surface area contributed by atoms with Crippen molar-refractivity contribution in [2.45, 2.75) is 39.7 Å². The molecule has 0 aliphatic carbocycles. The van der Waals surface area contributed by atoms with Crippen molar-refractivity contribution in [1.29, 1.82) is 0 Å². The average Bonchev–Trinajstić information content (AvgIpc) is 2.86. The molecular formula is C13H21N3O2. The van der Waals surface area contributed by atoms with Gasteiger partial charge in [-0.05, 0) is 26.2 Å². The summed E-state index contributed by atoms with van der Waals surface area (Å²) in [6.45, 7) is 6.50. The third-order valence-electron chi connectivity index (χ3n) is 4.17. The van der Waals surface area contributed by atoms with Crippen LogP contribution in [0.5, 0.6) is 0 Å². The van der Waals surface area contributed by atoms with Gasteiger partial charge in [-0.25, -0.2) is 4.98 Å². The van der Waals surface area contributed by atoms with Crippen LogP contribution in [-0.2, 0) is 11.3 Å². The zero-order chi connectivity index (χ0) is 13.2. The molecule has 1 aromatic heterocycles. The van der Waals surface area contributed by atoms with Crippen molar-refractivity contribution in [3.05, 3.63) is 12.4 Å². The number of carboxylic acid groups (broad SMARTS) is 1. The van der Waals surface area contributed by atoms with Gasteiger partial charge in [0.25, 0.3) is 0 Å².